The van der Waals surface area contributed by atoms with Crippen molar-refractivity contribution in [2.24, 2.45) is 28.6 Å². The largest absolute Gasteiger partial charge is 0.492 e. The van der Waals surface area contributed by atoms with E-state index in [2.05, 4.69) is 0 Å². The molecule has 0 bridgehead atoms. The maximum atomic E-state index is 17.9. The summed E-state index contributed by atoms with van der Waals surface area (Å²) in [5, 5.41) is 24.7. The number of aliphatic hydroxyl groups is 2. The molecule has 2 aromatic rings. The fourth-order valence-electron chi connectivity index (χ4n) is 13.1. The lowest BCUT2D eigenvalue weighted by atomic mass is 9.44. The number of hydrogen-bond acceptors (Lipinski definition) is 13. The monoisotopic (exact) mass is 935 g/mol. The van der Waals surface area contributed by atoms with E-state index in [1.165, 1.54) is 58.8 Å². The summed E-state index contributed by atoms with van der Waals surface area (Å²) in [6.07, 6.45) is 2.88. The molecule has 1 aromatic heterocycles. The van der Waals surface area contributed by atoms with Crippen molar-refractivity contribution in [2.45, 2.75) is 149 Å². The minimum absolute atomic E-state index is 0.0540. The van der Waals surface area contributed by atoms with Gasteiger partial charge in [-0.25, -0.2) is 18.4 Å². The standard InChI is InChI=1S/C50H63F2N3O12/c1-24-20-34-33-15-12-30-21-32(57)16-17-47(30,9)49(33,52)35(58)22-48(34,10)50(24,63)44(61)46(7,8)67-43(60)37-27(4)55(31-13-14-31)39-36(41(37)59)26(3)38(51)40(42(39)64-11)53-18-19-54(25(2)23-53)45(62)66-29(6)65-28(5)56/h16-17,21,24-25,29,31,33-35,58,63H,12-15,18-20,22-23H2,1-11H3/t24-,25?,29?,33+,34+,35+,47+,48+,49+,50+/m1/s1. The zero-order chi connectivity index (χ0) is 49.2. The zero-order valence-corrected chi connectivity index (χ0v) is 40.2. The van der Waals surface area contributed by atoms with E-state index >= 15 is 13.6 Å². The summed E-state index contributed by atoms with van der Waals surface area (Å²) in [5.41, 5.74) is -9.24. The van der Waals surface area contributed by atoms with E-state index in [0.717, 1.165) is 0 Å². The summed E-state index contributed by atoms with van der Waals surface area (Å²) in [5.74, 6) is -5.68. The number of rotatable bonds is 9. The molecule has 5 fully saturated rings. The van der Waals surface area contributed by atoms with Crippen LogP contribution in [0.15, 0.2) is 28.6 Å². The summed E-state index contributed by atoms with van der Waals surface area (Å²) in [7, 11) is 1.37. The van der Waals surface area contributed by atoms with E-state index in [9.17, 15) is 34.2 Å². The number of hydrogen-bond donors (Lipinski definition) is 2. The van der Waals surface area contributed by atoms with Gasteiger partial charge in [0.25, 0.3) is 0 Å². The number of alkyl halides is 1. The van der Waals surface area contributed by atoms with Gasteiger partial charge in [-0.1, -0.05) is 25.5 Å². The lowest BCUT2D eigenvalue weighted by molar-refractivity contribution is -0.223. The third-order valence-corrected chi connectivity index (χ3v) is 16.6. The summed E-state index contributed by atoms with van der Waals surface area (Å²) < 4.78 is 58.9. The molecule has 1 aromatic carbocycles. The van der Waals surface area contributed by atoms with Crippen LogP contribution in [0.2, 0.25) is 0 Å². The number of allylic oxidation sites excluding steroid dienone is 4. The average Bonchev–Trinajstić information content (AvgIpc) is 4.05. The number of halogens is 2. The summed E-state index contributed by atoms with van der Waals surface area (Å²) in [4.78, 5) is 84.3. The number of piperazine rings is 1. The molecule has 8 rings (SSSR count). The van der Waals surface area contributed by atoms with Crippen LogP contribution in [-0.4, -0.2) is 111 Å². The SMILES string of the molecule is COc1c(N2CCN(C(=O)OC(C)OC(C)=O)C(C)C2)c(F)c(C)c2c(=O)c(C(=O)OC(C)(C)C(=O)[C@@]3(O)[C@H](C)C[C@H]4[C@@H]5CCC6=CC(=O)C=C[C@]6(C)[C@@]5(F)[C@@H](O)C[C@@]43C)c(C)n(C3CC3)c12. The molecule has 10 atom stereocenters. The number of esters is 2. The van der Waals surface area contributed by atoms with Gasteiger partial charge in [0.2, 0.25) is 17.5 Å². The molecular formula is C50H63F2N3O12. The molecule has 1 saturated heterocycles. The van der Waals surface area contributed by atoms with Crippen molar-refractivity contribution in [3.05, 3.63) is 56.7 Å². The quantitative estimate of drug-likeness (QED) is 0.205. The molecule has 2 heterocycles. The number of benzene rings is 1. The number of aliphatic hydroxyl groups excluding tert-OH is 1. The molecule has 2 unspecified atom stereocenters. The molecule has 0 spiro atoms. The van der Waals surface area contributed by atoms with Crippen molar-refractivity contribution in [2.75, 3.05) is 31.6 Å². The third kappa shape index (κ3) is 6.97. The average molecular weight is 936 g/mol. The summed E-state index contributed by atoms with van der Waals surface area (Å²) >= 11 is 0. The first-order valence-electron chi connectivity index (χ1n) is 23.4. The van der Waals surface area contributed by atoms with E-state index in [1.807, 2.05) is 0 Å². The number of aryl methyl sites for hydroxylation is 1. The van der Waals surface area contributed by atoms with Gasteiger partial charge in [0.1, 0.15) is 16.9 Å². The second-order valence-corrected chi connectivity index (χ2v) is 20.9. The van der Waals surface area contributed by atoms with Crippen LogP contribution in [0.1, 0.15) is 122 Å². The van der Waals surface area contributed by atoms with Gasteiger partial charge in [0.15, 0.2) is 28.6 Å². The summed E-state index contributed by atoms with van der Waals surface area (Å²) in [6, 6.07) is -0.694. The molecule has 4 saturated carbocycles. The first-order chi connectivity index (χ1) is 31.2. The van der Waals surface area contributed by atoms with E-state index < -0.39 is 105 Å². The predicted octanol–water partition coefficient (Wildman–Crippen LogP) is 6.51. The Hall–Kier alpha value is -5.16. The maximum Gasteiger partial charge on any atom is 0.413 e. The fraction of sp³-hybridized carbons (Fsp3) is 0.640. The van der Waals surface area contributed by atoms with E-state index in [0.29, 0.717) is 31.3 Å². The topological polar surface area (TPSA) is 191 Å². The Morgan fingerprint density at radius 3 is 2.30 bits per heavy atom. The second-order valence-electron chi connectivity index (χ2n) is 20.9. The van der Waals surface area contributed by atoms with Gasteiger partial charge in [0.05, 0.1) is 24.1 Å². The van der Waals surface area contributed by atoms with Gasteiger partial charge < -0.3 is 43.5 Å². The fourth-order valence-corrected chi connectivity index (χ4v) is 13.1. The third-order valence-electron chi connectivity index (χ3n) is 16.6. The van der Waals surface area contributed by atoms with Crippen LogP contribution in [0.5, 0.6) is 5.75 Å². The Morgan fingerprint density at radius 1 is 1.01 bits per heavy atom. The van der Waals surface area contributed by atoms with Crippen molar-refractivity contribution in [1.82, 2.24) is 9.47 Å². The predicted molar refractivity (Wildman–Crippen MR) is 241 cm³/mol. The highest BCUT2D eigenvalue weighted by Gasteiger charge is 2.76. The van der Waals surface area contributed by atoms with Gasteiger partial charge in [-0.05, 0) is 104 Å². The number of fused-ring (bicyclic) bond motifs is 6. The number of methoxy groups -OCH3 is 1. The number of pyridine rings is 1. The first-order valence-corrected chi connectivity index (χ1v) is 23.4. The Kier molecular flexibility index (Phi) is 11.7. The van der Waals surface area contributed by atoms with Crippen LogP contribution in [0.4, 0.5) is 19.3 Å². The van der Waals surface area contributed by atoms with Crippen LogP contribution in [0.25, 0.3) is 10.9 Å². The second kappa shape index (κ2) is 16.2. The molecule has 5 aliphatic carbocycles. The van der Waals surface area contributed by atoms with Crippen LogP contribution in [-0.2, 0) is 28.6 Å². The molecule has 1 aliphatic heterocycles. The number of Topliss-reactive ketones (excluding diaryl/α,β-unsaturated/α-hetero) is 1. The normalized spacial score (nSPS) is 33.0. The summed E-state index contributed by atoms with van der Waals surface area (Å²) in [6.45, 7) is 15.6. The lowest BCUT2D eigenvalue weighted by Crippen LogP contribution is -2.70. The minimum Gasteiger partial charge on any atom is -0.492 e. The Balaban J connectivity index is 1.11. The van der Waals surface area contributed by atoms with Gasteiger partial charge in [-0.15, -0.1) is 0 Å². The molecule has 1 amide bonds. The molecular weight excluding hydrogens is 873 g/mol. The van der Waals surface area contributed by atoms with Crippen LogP contribution in [0.3, 0.4) is 0 Å². The number of ether oxygens (including phenoxy) is 4. The highest BCUT2D eigenvalue weighted by atomic mass is 19.1. The molecule has 0 radical (unpaired) electrons. The number of carbonyl (C=O) groups excluding carboxylic acids is 5. The van der Waals surface area contributed by atoms with Crippen molar-refractivity contribution >= 4 is 46.2 Å². The van der Waals surface area contributed by atoms with Crippen LogP contribution >= 0.6 is 0 Å². The van der Waals surface area contributed by atoms with Crippen molar-refractivity contribution < 1.29 is 61.9 Å². The number of ketones is 2. The van der Waals surface area contributed by atoms with E-state index in [1.54, 1.807) is 50.2 Å². The van der Waals surface area contributed by atoms with Gasteiger partial charge in [0, 0.05) is 73.6 Å². The van der Waals surface area contributed by atoms with E-state index in [4.69, 9.17) is 18.9 Å². The lowest BCUT2D eigenvalue weighted by Gasteiger charge is -2.62. The van der Waals surface area contributed by atoms with Crippen molar-refractivity contribution in [3.8, 4) is 5.75 Å². The highest BCUT2D eigenvalue weighted by molar-refractivity contribution is 6.03. The van der Waals surface area contributed by atoms with Gasteiger partial charge in [-0.2, -0.15) is 0 Å². The van der Waals surface area contributed by atoms with Crippen LogP contribution < -0.4 is 15.1 Å². The highest BCUT2D eigenvalue weighted by Crippen LogP contribution is 2.71. The Morgan fingerprint density at radius 2 is 1.69 bits per heavy atom. The van der Waals surface area contributed by atoms with Crippen molar-refractivity contribution in [3.63, 3.8) is 0 Å². The van der Waals surface area contributed by atoms with Gasteiger partial charge in [-0.3, -0.25) is 19.2 Å². The Labute approximate surface area is 388 Å². The number of amides is 1. The zero-order valence-electron chi connectivity index (χ0n) is 40.2. The first kappa shape index (κ1) is 48.3. The van der Waals surface area contributed by atoms with E-state index in [-0.39, 0.29) is 77.9 Å². The molecule has 364 valence electrons. The number of aromatic nitrogens is 1. The number of anilines is 1. The molecule has 2 N–H and O–H groups in total. The molecule has 17 heteroatoms. The number of carbonyl (C=O) groups is 5. The maximum absolute atomic E-state index is 17.9. The smallest absolute Gasteiger partial charge is 0.413 e. The molecule has 15 nitrogen and oxygen atoms in total. The number of nitrogens with zero attached hydrogens (tertiary/aromatic N) is 3. The molecule has 67 heavy (non-hydrogen) atoms. The van der Waals surface area contributed by atoms with Crippen LogP contribution in [0, 0.1) is 48.2 Å². The Bertz CT molecular complexity index is 2620. The van der Waals surface area contributed by atoms with Gasteiger partial charge >= 0.3 is 18.0 Å². The minimum atomic E-state index is -2.21. The molecule has 6 aliphatic rings. The van der Waals surface area contributed by atoms with Crippen molar-refractivity contribution in [1.29, 1.82) is 0 Å².